The minimum Gasteiger partial charge on any atom is -0.319 e. The van der Waals surface area contributed by atoms with Crippen LogP contribution in [0.1, 0.15) is 30.7 Å². The van der Waals surface area contributed by atoms with Crippen LogP contribution in [0.3, 0.4) is 0 Å². The van der Waals surface area contributed by atoms with Crippen LogP contribution in [-0.4, -0.2) is 13.6 Å². The zero-order chi connectivity index (χ0) is 13.8. The van der Waals surface area contributed by atoms with Crippen LogP contribution in [0.4, 0.5) is 0 Å². The molecule has 104 valence electrons. The summed E-state index contributed by atoms with van der Waals surface area (Å²) in [5, 5.41) is 3.35. The molecule has 0 saturated heterocycles. The highest BCUT2D eigenvalue weighted by atomic mass is 14.8. The van der Waals surface area contributed by atoms with Crippen LogP contribution >= 0.6 is 0 Å². The molecule has 1 N–H and O–H groups in total. The molecule has 1 aliphatic rings. The summed E-state index contributed by atoms with van der Waals surface area (Å²) in [6.45, 7) is 1.14. The third kappa shape index (κ3) is 2.78. The van der Waals surface area contributed by atoms with Gasteiger partial charge in [-0.25, -0.2) is 0 Å². The zero-order valence-electron chi connectivity index (χ0n) is 12.2. The molecule has 0 aliphatic heterocycles. The SMILES string of the molecule is CNCC1CCCC1c1ccc(-c2ccccc2)cc1. The molecule has 0 amide bonds. The Morgan fingerprint density at radius 3 is 2.30 bits per heavy atom. The Balaban J connectivity index is 1.79. The van der Waals surface area contributed by atoms with E-state index in [1.54, 1.807) is 0 Å². The third-order valence-corrected chi connectivity index (χ3v) is 4.57. The summed E-state index contributed by atoms with van der Waals surface area (Å²) >= 11 is 0. The quantitative estimate of drug-likeness (QED) is 0.860. The van der Waals surface area contributed by atoms with Crippen molar-refractivity contribution in [2.75, 3.05) is 13.6 Å². The lowest BCUT2D eigenvalue weighted by molar-refractivity contribution is 0.462. The molecular formula is C19H23N. The Labute approximate surface area is 122 Å². The number of rotatable bonds is 4. The molecule has 0 bridgehead atoms. The fourth-order valence-electron chi connectivity index (χ4n) is 3.54. The molecule has 1 heteroatoms. The standard InChI is InChI=1S/C19H23N/c1-20-14-18-8-5-9-19(18)17-12-10-16(11-13-17)15-6-3-2-4-7-15/h2-4,6-7,10-13,18-20H,5,8-9,14H2,1H3. The summed E-state index contributed by atoms with van der Waals surface area (Å²) < 4.78 is 0. The summed E-state index contributed by atoms with van der Waals surface area (Å²) in [5.74, 6) is 1.55. The van der Waals surface area contributed by atoms with Crippen molar-refractivity contribution in [3.05, 3.63) is 60.2 Å². The molecule has 0 heterocycles. The minimum atomic E-state index is 0.743. The predicted octanol–water partition coefficient (Wildman–Crippen LogP) is 4.46. The van der Waals surface area contributed by atoms with Gasteiger partial charge in [0, 0.05) is 0 Å². The Bertz CT molecular complexity index is 529. The van der Waals surface area contributed by atoms with Crippen LogP contribution in [0, 0.1) is 5.92 Å². The number of hydrogen-bond donors (Lipinski definition) is 1. The van der Waals surface area contributed by atoms with Crippen molar-refractivity contribution in [1.29, 1.82) is 0 Å². The van der Waals surface area contributed by atoms with Gasteiger partial charge in [0.25, 0.3) is 0 Å². The van der Waals surface area contributed by atoms with Gasteiger partial charge in [0.05, 0.1) is 0 Å². The Morgan fingerprint density at radius 2 is 1.60 bits per heavy atom. The molecule has 1 nitrogen and oxygen atoms in total. The second-order valence-electron chi connectivity index (χ2n) is 5.84. The van der Waals surface area contributed by atoms with E-state index in [9.17, 15) is 0 Å². The van der Waals surface area contributed by atoms with E-state index < -0.39 is 0 Å². The van der Waals surface area contributed by atoms with Crippen molar-refractivity contribution < 1.29 is 0 Å². The molecule has 2 atom stereocenters. The van der Waals surface area contributed by atoms with Crippen LogP contribution in [0.15, 0.2) is 54.6 Å². The maximum absolute atomic E-state index is 3.35. The van der Waals surface area contributed by atoms with Crippen molar-refractivity contribution in [3.8, 4) is 11.1 Å². The molecule has 20 heavy (non-hydrogen) atoms. The third-order valence-electron chi connectivity index (χ3n) is 4.57. The Morgan fingerprint density at radius 1 is 0.900 bits per heavy atom. The highest BCUT2D eigenvalue weighted by Gasteiger charge is 2.27. The predicted molar refractivity (Wildman–Crippen MR) is 85.9 cm³/mol. The molecule has 2 unspecified atom stereocenters. The minimum absolute atomic E-state index is 0.743. The van der Waals surface area contributed by atoms with Gasteiger partial charge in [-0.2, -0.15) is 0 Å². The first-order chi connectivity index (χ1) is 9.88. The van der Waals surface area contributed by atoms with Crippen molar-refractivity contribution in [2.45, 2.75) is 25.2 Å². The van der Waals surface area contributed by atoms with E-state index in [0.717, 1.165) is 18.4 Å². The van der Waals surface area contributed by atoms with Gasteiger partial charge < -0.3 is 5.32 Å². The number of benzene rings is 2. The summed E-state index contributed by atoms with van der Waals surface area (Å²) in [4.78, 5) is 0. The van der Waals surface area contributed by atoms with E-state index in [-0.39, 0.29) is 0 Å². The summed E-state index contributed by atoms with van der Waals surface area (Å²) in [7, 11) is 2.06. The van der Waals surface area contributed by atoms with Crippen LogP contribution in [0.5, 0.6) is 0 Å². The summed E-state index contributed by atoms with van der Waals surface area (Å²) in [6, 6.07) is 19.8. The van der Waals surface area contributed by atoms with Gasteiger partial charge in [-0.15, -0.1) is 0 Å². The zero-order valence-corrected chi connectivity index (χ0v) is 12.2. The fraction of sp³-hybridized carbons (Fsp3) is 0.368. The fourth-order valence-corrected chi connectivity index (χ4v) is 3.54. The Hall–Kier alpha value is -1.60. The molecule has 0 aromatic heterocycles. The first kappa shape index (κ1) is 13.4. The topological polar surface area (TPSA) is 12.0 Å². The van der Waals surface area contributed by atoms with Gasteiger partial charge in [0.15, 0.2) is 0 Å². The van der Waals surface area contributed by atoms with Gasteiger partial charge in [-0.3, -0.25) is 0 Å². The largest absolute Gasteiger partial charge is 0.319 e. The molecule has 1 saturated carbocycles. The van der Waals surface area contributed by atoms with E-state index in [0.29, 0.717) is 0 Å². The van der Waals surface area contributed by atoms with Gasteiger partial charge in [-0.1, -0.05) is 61.0 Å². The lowest BCUT2D eigenvalue weighted by atomic mass is 9.88. The molecule has 1 aliphatic carbocycles. The maximum Gasteiger partial charge on any atom is -0.00177 e. The second-order valence-corrected chi connectivity index (χ2v) is 5.84. The first-order valence-corrected chi connectivity index (χ1v) is 7.68. The first-order valence-electron chi connectivity index (χ1n) is 7.68. The molecule has 2 aromatic carbocycles. The number of hydrogen-bond acceptors (Lipinski definition) is 1. The van der Waals surface area contributed by atoms with Gasteiger partial charge >= 0.3 is 0 Å². The van der Waals surface area contributed by atoms with E-state index in [1.165, 1.54) is 36.0 Å². The molecule has 0 radical (unpaired) electrons. The van der Waals surface area contributed by atoms with Crippen molar-refractivity contribution in [1.82, 2.24) is 5.32 Å². The van der Waals surface area contributed by atoms with Crippen molar-refractivity contribution in [3.63, 3.8) is 0 Å². The van der Waals surface area contributed by atoms with Crippen LogP contribution < -0.4 is 5.32 Å². The van der Waals surface area contributed by atoms with Crippen LogP contribution in [0.2, 0.25) is 0 Å². The summed E-state index contributed by atoms with van der Waals surface area (Å²) in [6.07, 6.45) is 4.08. The monoisotopic (exact) mass is 265 g/mol. The molecule has 0 spiro atoms. The lowest BCUT2D eigenvalue weighted by Crippen LogP contribution is -2.20. The lowest BCUT2D eigenvalue weighted by Gasteiger charge is -2.20. The van der Waals surface area contributed by atoms with Gasteiger partial charge in [-0.05, 0) is 55.0 Å². The van der Waals surface area contributed by atoms with E-state index >= 15 is 0 Å². The number of nitrogens with one attached hydrogen (secondary N) is 1. The van der Waals surface area contributed by atoms with Gasteiger partial charge in [0.2, 0.25) is 0 Å². The van der Waals surface area contributed by atoms with E-state index in [2.05, 4.69) is 67.0 Å². The Kier molecular flexibility index (Phi) is 4.17. The maximum atomic E-state index is 3.35. The second kappa shape index (κ2) is 6.23. The highest BCUT2D eigenvalue weighted by molar-refractivity contribution is 5.63. The normalized spacial score (nSPS) is 22.1. The van der Waals surface area contributed by atoms with Gasteiger partial charge in [0.1, 0.15) is 0 Å². The average molecular weight is 265 g/mol. The molecular weight excluding hydrogens is 242 g/mol. The van der Waals surface area contributed by atoms with Crippen LogP contribution in [-0.2, 0) is 0 Å². The van der Waals surface area contributed by atoms with Crippen LogP contribution in [0.25, 0.3) is 11.1 Å². The molecule has 3 rings (SSSR count). The summed E-state index contributed by atoms with van der Waals surface area (Å²) in [5.41, 5.74) is 4.14. The van der Waals surface area contributed by atoms with E-state index in [1.807, 2.05) is 0 Å². The molecule has 2 aromatic rings. The smallest absolute Gasteiger partial charge is 0.00177 e. The average Bonchev–Trinajstić information content (AvgIpc) is 2.97. The van der Waals surface area contributed by atoms with Crippen molar-refractivity contribution in [2.24, 2.45) is 5.92 Å². The molecule has 1 fully saturated rings. The van der Waals surface area contributed by atoms with E-state index in [4.69, 9.17) is 0 Å². The highest BCUT2D eigenvalue weighted by Crippen LogP contribution is 2.39. The van der Waals surface area contributed by atoms with Crippen molar-refractivity contribution >= 4 is 0 Å².